The monoisotopic (exact) mass is 325 g/mol. The Morgan fingerprint density at radius 3 is 2.12 bits per heavy atom. The van der Waals surface area contributed by atoms with Crippen molar-refractivity contribution in [1.82, 2.24) is 0 Å². The molecule has 0 aliphatic carbocycles. The van der Waals surface area contributed by atoms with E-state index >= 15 is 0 Å². The zero-order chi connectivity index (χ0) is 17.1. The Labute approximate surface area is 142 Å². The van der Waals surface area contributed by atoms with Crippen molar-refractivity contribution in [3.05, 3.63) is 53.6 Å². The summed E-state index contributed by atoms with van der Waals surface area (Å²) < 4.78 is 11.7. The molecule has 0 radical (unpaired) electrons. The molecule has 24 heavy (non-hydrogen) atoms. The highest BCUT2D eigenvalue weighted by Gasteiger charge is 2.34. The second-order valence-electron chi connectivity index (χ2n) is 5.96. The van der Waals surface area contributed by atoms with Gasteiger partial charge >= 0.3 is 0 Å². The first kappa shape index (κ1) is 16.4. The van der Waals surface area contributed by atoms with Crippen molar-refractivity contribution in [2.45, 2.75) is 45.8 Å². The van der Waals surface area contributed by atoms with Crippen molar-refractivity contribution in [3.63, 3.8) is 0 Å². The van der Waals surface area contributed by atoms with Crippen LogP contribution in [0.25, 0.3) is 0 Å². The summed E-state index contributed by atoms with van der Waals surface area (Å²) in [6, 6.07) is 13.6. The number of hydrogen-bond donors (Lipinski definition) is 1. The van der Waals surface area contributed by atoms with E-state index in [1.807, 2.05) is 49.4 Å². The predicted octanol–water partition coefficient (Wildman–Crippen LogP) is 3.98. The summed E-state index contributed by atoms with van der Waals surface area (Å²) in [5.74, 6) is 1.11. The van der Waals surface area contributed by atoms with Gasteiger partial charge in [-0.05, 0) is 43.0 Å². The summed E-state index contributed by atoms with van der Waals surface area (Å²) >= 11 is 0. The third kappa shape index (κ3) is 3.09. The van der Waals surface area contributed by atoms with E-state index in [1.54, 1.807) is 0 Å². The second kappa shape index (κ2) is 6.95. The van der Waals surface area contributed by atoms with Crippen molar-refractivity contribution >= 4 is 11.6 Å². The lowest BCUT2D eigenvalue weighted by Gasteiger charge is -2.31. The van der Waals surface area contributed by atoms with Gasteiger partial charge in [-0.2, -0.15) is 0 Å². The highest BCUT2D eigenvalue weighted by Crippen LogP contribution is 2.34. The zero-order valence-corrected chi connectivity index (χ0v) is 14.3. The minimum Gasteiger partial charge on any atom is -0.482 e. The van der Waals surface area contributed by atoms with Gasteiger partial charge in [-0.25, -0.2) is 0 Å². The first-order valence-electron chi connectivity index (χ1n) is 8.48. The minimum absolute atomic E-state index is 0.174. The van der Waals surface area contributed by atoms with Crippen LogP contribution >= 0.6 is 0 Å². The van der Waals surface area contributed by atoms with Gasteiger partial charge in [0.05, 0.1) is 0 Å². The van der Waals surface area contributed by atoms with E-state index in [0.29, 0.717) is 11.5 Å². The Kier molecular flexibility index (Phi) is 4.74. The van der Waals surface area contributed by atoms with Crippen LogP contribution in [0.1, 0.15) is 31.9 Å². The summed E-state index contributed by atoms with van der Waals surface area (Å²) in [7, 11) is 0. The van der Waals surface area contributed by atoms with Crippen LogP contribution < -0.4 is 14.8 Å². The number of carbonyl (C=O) groups excluding carboxylic acids is 1. The van der Waals surface area contributed by atoms with E-state index in [4.69, 9.17) is 9.47 Å². The summed E-state index contributed by atoms with van der Waals surface area (Å²) in [4.78, 5) is 12.8. The number of anilines is 1. The Morgan fingerprint density at radius 2 is 1.54 bits per heavy atom. The molecule has 1 aliphatic heterocycles. The lowest BCUT2D eigenvalue weighted by Crippen LogP contribution is -2.46. The summed E-state index contributed by atoms with van der Waals surface area (Å²) in [6.45, 7) is 6.03. The molecule has 4 nitrogen and oxygen atoms in total. The molecule has 1 N–H and O–H groups in total. The van der Waals surface area contributed by atoms with E-state index in [1.165, 1.54) is 0 Å². The molecule has 2 aromatic carbocycles. The van der Waals surface area contributed by atoms with Gasteiger partial charge in [-0.15, -0.1) is 0 Å². The number of rotatable bonds is 4. The quantitative estimate of drug-likeness (QED) is 0.925. The molecule has 1 heterocycles. The van der Waals surface area contributed by atoms with Gasteiger partial charge < -0.3 is 14.8 Å². The number of ether oxygens (including phenoxy) is 2. The summed E-state index contributed by atoms with van der Waals surface area (Å²) in [5.41, 5.74) is 3.17. The molecule has 3 rings (SSSR count). The van der Waals surface area contributed by atoms with Crippen LogP contribution in [0, 0.1) is 0 Å². The molecule has 0 bridgehead atoms. The van der Waals surface area contributed by atoms with Gasteiger partial charge in [-0.3, -0.25) is 4.79 Å². The van der Waals surface area contributed by atoms with E-state index < -0.39 is 6.10 Å². The molecule has 1 amide bonds. The maximum Gasteiger partial charge on any atom is 0.269 e. The minimum atomic E-state index is -0.672. The van der Waals surface area contributed by atoms with Crippen molar-refractivity contribution in [2.75, 3.05) is 5.32 Å². The number of amides is 1. The topological polar surface area (TPSA) is 47.6 Å². The Morgan fingerprint density at radius 1 is 0.958 bits per heavy atom. The Hall–Kier alpha value is -2.49. The van der Waals surface area contributed by atoms with E-state index in [0.717, 1.165) is 29.7 Å². The Bertz CT molecular complexity index is 719. The molecular formula is C20H23NO3. The molecule has 1 aliphatic rings. The number of fused-ring (bicyclic) bond motifs is 1. The molecule has 2 atom stereocenters. The fraction of sp³-hybridized carbons (Fsp3) is 0.350. The second-order valence-corrected chi connectivity index (χ2v) is 5.96. The van der Waals surface area contributed by atoms with Crippen LogP contribution in [0.4, 0.5) is 5.69 Å². The largest absolute Gasteiger partial charge is 0.482 e. The van der Waals surface area contributed by atoms with Crippen LogP contribution in [-0.4, -0.2) is 18.1 Å². The number of hydrogen-bond acceptors (Lipinski definition) is 3. The van der Waals surface area contributed by atoms with Crippen LogP contribution in [-0.2, 0) is 17.6 Å². The average Bonchev–Trinajstić information content (AvgIpc) is 2.61. The van der Waals surface area contributed by atoms with Gasteiger partial charge in [0.15, 0.2) is 11.5 Å². The predicted molar refractivity (Wildman–Crippen MR) is 94.8 cm³/mol. The molecule has 0 unspecified atom stereocenters. The van der Waals surface area contributed by atoms with Crippen LogP contribution in [0.3, 0.4) is 0 Å². The smallest absolute Gasteiger partial charge is 0.269 e. The van der Waals surface area contributed by atoms with Gasteiger partial charge in [-0.1, -0.05) is 44.2 Å². The van der Waals surface area contributed by atoms with Crippen molar-refractivity contribution < 1.29 is 14.3 Å². The third-order valence-electron chi connectivity index (χ3n) is 4.35. The summed E-state index contributed by atoms with van der Waals surface area (Å²) in [6.07, 6.45) is 0.710. The number of benzene rings is 2. The van der Waals surface area contributed by atoms with Crippen LogP contribution in [0.2, 0.25) is 0 Å². The maximum absolute atomic E-state index is 12.8. The molecule has 0 aromatic heterocycles. The average molecular weight is 325 g/mol. The fourth-order valence-electron chi connectivity index (χ4n) is 3.00. The maximum atomic E-state index is 12.8. The fourth-order valence-corrected chi connectivity index (χ4v) is 3.00. The van der Waals surface area contributed by atoms with Crippen molar-refractivity contribution in [3.8, 4) is 11.5 Å². The molecule has 4 heteroatoms. The van der Waals surface area contributed by atoms with Crippen LogP contribution in [0.5, 0.6) is 11.5 Å². The van der Waals surface area contributed by atoms with E-state index in [-0.39, 0.29) is 12.0 Å². The first-order valence-corrected chi connectivity index (χ1v) is 8.48. The van der Waals surface area contributed by atoms with Gasteiger partial charge in [0.2, 0.25) is 6.10 Å². The van der Waals surface area contributed by atoms with Gasteiger partial charge in [0, 0.05) is 5.69 Å². The molecule has 0 saturated carbocycles. The van der Waals surface area contributed by atoms with E-state index in [2.05, 4.69) is 19.2 Å². The van der Waals surface area contributed by atoms with Crippen LogP contribution in [0.15, 0.2) is 42.5 Å². The van der Waals surface area contributed by atoms with Gasteiger partial charge in [0.1, 0.15) is 6.10 Å². The highest BCUT2D eigenvalue weighted by molar-refractivity contribution is 5.96. The number of para-hydroxylation sites is 3. The molecule has 2 aromatic rings. The Balaban J connectivity index is 1.84. The third-order valence-corrected chi connectivity index (χ3v) is 4.35. The zero-order valence-electron chi connectivity index (χ0n) is 14.3. The molecule has 126 valence electrons. The standard InChI is InChI=1S/C20H23NO3/c1-4-14-9-8-10-15(5-2)18(14)21-20(22)19-13(3)23-16-11-6-7-12-17(16)24-19/h6-13,19H,4-5H2,1-3H3,(H,21,22)/t13-,19-/m1/s1. The number of nitrogens with one attached hydrogen (secondary N) is 1. The van der Waals surface area contributed by atoms with E-state index in [9.17, 15) is 4.79 Å². The first-order chi connectivity index (χ1) is 11.6. The lowest BCUT2D eigenvalue weighted by atomic mass is 10.0. The van der Waals surface area contributed by atoms with Crippen molar-refractivity contribution in [1.29, 1.82) is 0 Å². The summed E-state index contributed by atoms with van der Waals surface area (Å²) in [5, 5.41) is 3.07. The highest BCUT2D eigenvalue weighted by atomic mass is 16.6. The normalized spacial score (nSPS) is 19.0. The van der Waals surface area contributed by atoms with Crippen molar-refractivity contribution in [2.24, 2.45) is 0 Å². The molecule has 0 saturated heterocycles. The van der Waals surface area contributed by atoms with Gasteiger partial charge in [0.25, 0.3) is 5.91 Å². The molecule has 0 fully saturated rings. The molecular weight excluding hydrogens is 302 g/mol. The number of aryl methyl sites for hydroxylation is 2. The SMILES string of the molecule is CCc1cccc(CC)c1NC(=O)[C@@H]1Oc2ccccc2O[C@@H]1C. The lowest BCUT2D eigenvalue weighted by molar-refractivity contribution is -0.128. The molecule has 0 spiro atoms. The number of carbonyl (C=O) groups is 1.